The van der Waals surface area contributed by atoms with Crippen LogP contribution in [0.5, 0.6) is 0 Å². The van der Waals surface area contributed by atoms with E-state index in [1.165, 1.54) is 0 Å². The number of rotatable bonds is 9. The van der Waals surface area contributed by atoms with Crippen molar-refractivity contribution in [3.8, 4) is 0 Å². The molecule has 18 heavy (non-hydrogen) atoms. The van der Waals surface area contributed by atoms with Gasteiger partial charge in [0.2, 0.25) is 0 Å². The molecule has 0 radical (unpaired) electrons. The van der Waals surface area contributed by atoms with Crippen molar-refractivity contribution in [3.05, 3.63) is 0 Å². The van der Waals surface area contributed by atoms with E-state index in [0.717, 1.165) is 5.75 Å². The standard InChI is InChI=1S/C11H22N2O3S2/c1-8(7-18-3)6-12-11(16)13-9(10(14)15)4-5-17-2/h8-9H,4-7H2,1-3H3,(H,14,15)(H2,12,13,16). The zero-order chi connectivity index (χ0) is 14.0. The van der Waals surface area contributed by atoms with Crippen LogP contribution in [0.4, 0.5) is 4.79 Å². The van der Waals surface area contributed by atoms with Gasteiger partial charge in [-0.3, -0.25) is 0 Å². The fraction of sp³-hybridized carbons (Fsp3) is 0.818. The highest BCUT2D eigenvalue weighted by Gasteiger charge is 2.19. The van der Waals surface area contributed by atoms with Gasteiger partial charge in [0.05, 0.1) is 0 Å². The fourth-order valence-corrected chi connectivity index (χ4v) is 2.47. The average molecular weight is 294 g/mol. The van der Waals surface area contributed by atoms with Crippen LogP contribution in [0, 0.1) is 5.92 Å². The van der Waals surface area contributed by atoms with Crippen molar-refractivity contribution in [2.45, 2.75) is 19.4 Å². The summed E-state index contributed by atoms with van der Waals surface area (Å²) >= 11 is 3.28. The number of carboxylic acids is 1. The minimum absolute atomic E-state index is 0.375. The molecule has 0 aromatic heterocycles. The fourth-order valence-electron chi connectivity index (χ4n) is 1.31. The van der Waals surface area contributed by atoms with Crippen molar-refractivity contribution < 1.29 is 14.7 Å². The molecule has 0 heterocycles. The largest absolute Gasteiger partial charge is 0.480 e. The molecule has 106 valence electrons. The normalized spacial score (nSPS) is 13.7. The van der Waals surface area contributed by atoms with Gasteiger partial charge < -0.3 is 15.7 Å². The maximum Gasteiger partial charge on any atom is 0.326 e. The maximum atomic E-state index is 11.5. The Bertz CT molecular complexity index is 265. The summed E-state index contributed by atoms with van der Waals surface area (Å²) < 4.78 is 0. The number of hydrogen-bond acceptors (Lipinski definition) is 4. The van der Waals surface area contributed by atoms with Crippen molar-refractivity contribution in [2.24, 2.45) is 5.92 Å². The van der Waals surface area contributed by atoms with Crippen LogP contribution in [0.1, 0.15) is 13.3 Å². The molecule has 0 fully saturated rings. The molecule has 7 heteroatoms. The Balaban J connectivity index is 3.98. The monoisotopic (exact) mass is 294 g/mol. The van der Waals surface area contributed by atoms with Crippen LogP contribution in [-0.2, 0) is 4.79 Å². The molecule has 3 N–H and O–H groups in total. The highest BCUT2D eigenvalue weighted by atomic mass is 32.2. The molecular formula is C11H22N2O3S2. The number of carboxylic acid groups (broad SMARTS) is 1. The van der Waals surface area contributed by atoms with E-state index in [1.54, 1.807) is 23.5 Å². The van der Waals surface area contributed by atoms with Gasteiger partial charge in [-0.1, -0.05) is 6.92 Å². The zero-order valence-corrected chi connectivity index (χ0v) is 12.7. The number of amides is 2. The van der Waals surface area contributed by atoms with E-state index in [2.05, 4.69) is 10.6 Å². The second-order valence-electron chi connectivity index (χ2n) is 4.09. The topological polar surface area (TPSA) is 78.4 Å². The zero-order valence-electron chi connectivity index (χ0n) is 11.1. The first-order chi connectivity index (χ1) is 8.51. The first-order valence-corrected chi connectivity index (χ1v) is 8.55. The highest BCUT2D eigenvalue weighted by molar-refractivity contribution is 7.98. The summed E-state index contributed by atoms with van der Waals surface area (Å²) in [6, 6.07) is -1.22. The highest BCUT2D eigenvalue weighted by Crippen LogP contribution is 2.03. The number of nitrogens with one attached hydrogen (secondary N) is 2. The first-order valence-electron chi connectivity index (χ1n) is 5.76. The van der Waals surface area contributed by atoms with E-state index < -0.39 is 18.0 Å². The van der Waals surface area contributed by atoms with E-state index in [-0.39, 0.29) is 0 Å². The number of hydrogen-bond donors (Lipinski definition) is 3. The van der Waals surface area contributed by atoms with Crippen molar-refractivity contribution in [1.82, 2.24) is 10.6 Å². The SMILES string of the molecule is CSCCC(NC(=O)NCC(C)CSC)C(=O)O. The van der Waals surface area contributed by atoms with Gasteiger partial charge in [0, 0.05) is 6.54 Å². The van der Waals surface area contributed by atoms with Gasteiger partial charge in [-0.05, 0) is 36.4 Å². The molecule has 0 saturated heterocycles. The van der Waals surface area contributed by atoms with Crippen LogP contribution in [-0.4, -0.2) is 53.7 Å². The molecule has 0 aliphatic carbocycles. The van der Waals surface area contributed by atoms with E-state index in [4.69, 9.17) is 5.11 Å². The maximum absolute atomic E-state index is 11.5. The second kappa shape index (κ2) is 10.4. The molecule has 0 aliphatic rings. The Morgan fingerprint density at radius 3 is 2.44 bits per heavy atom. The van der Waals surface area contributed by atoms with E-state index >= 15 is 0 Å². The number of carbonyl (C=O) groups is 2. The van der Waals surface area contributed by atoms with Crippen molar-refractivity contribution in [1.29, 1.82) is 0 Å². The predicted molar refractivity (Wildman–Crippen MR) is 78.5 cm³/mol. The average Bonchev–Trinajstić information content (AvgIpc) is 2.32. The van der Waals surface area contributed by atoms with E-state index in [9.17, 15) is 9.59 Å². The Morgan fingerprint density at radius 1 is 1.28 bits per heavy atom. The van der Waals surface area contributed by atoms with Crippen molar-refractivity contribution in [2.75, 3.05) is 30.6 Å². The lowest BCUT2D eigenvalue weighted by atomic mass is 10.2. The Labute approximate surface area is 117 Å². The summed E-state index contributed by atoms with van der Waals surface area (Å²) in [5, 5.41) is 14.1. The quantitative estimate of drug-likeness (QED) is 0.600. The molecular weight excluding hydrogens is 272 g/mol. The van der Waals surface area contributed by atoms with Gasteiger partial charge in [-0.15, -0.1) is 0 Å². The van der Waals surface area contributed by atoms with E-state index in [1.807, 2.05) is 19.4 Å². The summed E-state index contributed by atoms with van der Waals surface area (Å²) in [4.78, 5) is 22.5. The molecule has 2 unspecified atom stereocenters. The van der Waals surface area contributed by atoms with Gasteiger partial charge in [0.1, 0.15) is 6.04 Å². The summed E-state index contributed by atoms with van der Waals surface area (Å²) in [5.74, 6) is 1.06. The van der Waals surface area contributed by atoms with Gasteiger partial charge in [0.15, 0.2) is 0 Å². The molecule has 5 nitrogen and oxygen atoms in total. The van der Waals surface area contributed by atoms with Gasteiger partial charge in [-0.2, -0.15) is 23.5 Å². The van der Waals surface area contributed by atoms with Gasteiger partial charge >= 0.3 is 12.0 Å². The Morgan fingerprint density at radius 2 is 1.94 bits per heavy atom. The minimum atomic E-state index is -0.989. The predicted octanol–water partition coefficient (Wildman–Crippen LogP) is 1.49. The van der Waals surface area contributed by atoms with E-state index in [0.29, 0.717) is 24.6 Å². The van der Waals surface area contributed by atoms with Gasteiger partial charge in [0.25, 0.3) is 0 Å². The summed E-state index contributed by atoms with van der Waals surface area (Å²) in [6.07, 6.45) is 4.35. The number of carbonyl (C=O) groups excluding carboxylic acids is 1. The van der Waals surface area contributed by atoms with Crippen LogP contribution >= 0.6 is 23.5 Å². The van der Waals surface area contributed by atoms with Crippen molar-refractivity contribution in [3.63, 3.8) is 0 Å². The van der Waals surface area contributed by atoms with Crippen LogP contribution in [0.2, 0.25) is 0 Å². The van der Waals surface area contributed by atoms with Crippen LogP contribution in [0.15, 0.2) is 0 Å². The molecule has 0 rings (SSSR count). The van der Waals surface area contributed by atoms with Gasteiger partial charge in [-0.25, -0.2) is 9.59 Å². The molecule has 0 aliphatic heterocycles. The van der Waals surface area contributed by atoms with Crippen LogP contribution < -0.4 is 10.6 Å². The summed E-state index contributed by atoms with van der Waals surface area (Å²) in [5.41, 5.74) is 0. The lowest BCUT2D eigenvalue weighted by Gasteiger charge is -2.16. The lowest BCUT2D eigenvalue weighted by molar-refractivity contribution is -0.139. The molecule has 0 aromatic carbocycles. The summed E-state index contributed by atoms with van der Waals surface area (Å²) in [7, 11) is 0. The van der Waals surface area contributed by atoms with Crippen LogP contribution in [0.25, 0.3) is 0 Å². The molecule has 0 spiro atoms. The number of thioether (sulfide) groups is 2. The Kier molecular flexibility index (Phi) is 10.0. The molecule has 0 bridgehead atoms. The lowest BCUT2D eigenvalue weighted by Crippen LogP contribution is -2.47. The third-order valence-electron chi connectivity index (χ3n) is 2.28. The molecule has 0 aromatic rings. The van der Waals surface area contributed by atoms with Crippen molar-refractivity contribution >= 4 is 35.5 Å². The first kappa shape index (κ1) is 17.4. The number of aliphatic carboxylic acids is 1. The molecule has 0 saturated carbocycles. The Hall–Kier alpha value is -0.560. The van der Waals surface area contributed by atoms with Crippen LogP contribution in [0.3, 0.4) is 0 Å². The smallest absolute Gasteiger partial charge is 0.326 e. The summed E-state index contributed by atoms with van der Waals surface area (Å²) in [6.45, 7) is 2.60. The number of urea groups is 1. The molecule has 2 amide bonds. The second-order valence-corrected chi connectivity index (χ2v) is 5.98. The minimum Gasteiger partial charge on any atom is -0.480 e. The molecule has 2 atom stereocenters. The third-order valence-corrected chi connectivity index (χ3v) is 3.82. The third kappa shape index (κ3) is 8.52.